The molecule has 8 nitrogen and oxygen atoms in total. The van der Waals surface area contributed by atoms with Gasteiger partial charge < -0.3 is 20.5 Å². The van der Waals surface area contributed by atoms with Crippen LogP contribution in [0, 0.1) is 34.3 Å². The summed E-state index contributed by atoms with van der Waals surface area (Å²) < 4.78 is 38.7. The van der Waals surface area contributed by atoms with E-state index in [-0.39, 0.29) is 28.7 Å². The van der Waals surface area contributed by atoms with Gasteiger partial charge in [-0.3, -0.25) is 0 Å². The van der Waals surface area contributed by atoms with Crippen LogP contribution < -0.4 is 11.1 Å². The summed E-state index contributed by atoms with van der Waals surface area (Å²) in [6.07, 6.45) is 1.63. The molecule has 1 saturated heterocycles. The van der Waals surface area contributed by atoms with Crippen LogP contribution in [0.4, 0.5) is 25.4 Å². The van der Waals surface area contributed by atoms with Gasteiger partial charge in [-0.1, -0.05) is 36.0 Å². The minimum atomic E-state index is -0.723. The van der Waals surface area contributed by atoms with Gasteiger partial charge in [0.05, 0.1) is 29.7 Å². The Morgan fingerprint density at radius 1 is 1.12 bits per heavy atom. The highest BCUT2D eigenvalue weighted by molar-refractivity contribution is 7.98. The third kappa shape index (κ3) is 6.69. The lowest BCUT2D eigenvalue weighted by atomic mass is 9.95. The van der Waals surface area contributed by atoms with Gasteiger partial charge in [-0.2, -0.15) is 10.5 Å². The number of nitriles is 2. The smallest absolute Gasteiger partial charge is 0.187 e. The summed E-state index contributed by atoms with van der Waals surface area (Å²) >= 11 is 2.52. The fraction of sp³-hybridized carbons (Fsp3) is 0.267. The number of anilines is 3. The van der Waals surface area contributed by atoms with Crippen LogP contribution in [0.3, 0.4) is 0 Å². The molecule has 3 N–H and O–H groups in total. The predicted molar refractivity (Wildman–Crippen MR) is 158 cm³/mol. The predicted octanol–water partition coefficient (Wildman–Crippen LogP) is 6.93. The van der Waals surface area contributed by atoms with Crippen molar-refractivity contribution in [3.05, 3.63) is 81.9 Å². The monoisotopic (exact) mass is 604 g/mol. The summed E-state index contributed by atoms with van der Waals surface area (Å²) in [6, 6.07) is 15.3. The zero-order valence-electron chi connectivity index (χ0n) is 22.8. The van der Waals surface area contributed by atoms with E-state index in [1.807, 2.05) is 38.1 Å². The quantitative estimate of drug-likeness (QED) is 0.195. The number of thiazole rings is 1. The summed E-state index contributed by atoms with van der Waals surface area (Å²) in [5.41, 5.74) is 9.55. The van der Waals surface area contributed by atoms with E-state index in [2.05, 4.69) is 27.4 Å². The number of benzene rings is 2. The Bertz CT molecular complexity index is 1700. The number of pyridine rings is 1. The fourth-order valence-electron chi connectivity index (χ4n) is 4.54. The lowest BCUT2D eigenvalue weighted by Gasteiger charge is -2.17. The van der Waals surface area contributed by atoms with Crippen LogP contribution in [0.25, 0.3) is 11.1 Å². The third-order valence-corrected chi connectivity index (χ3v) is 8.38. The number of nitrogen functional groups attached to an aromatic ring is 1. The average molecular weight is 605 g/mol. The maximum atomic E-state index is 14.0. The van der Waals surface area contributed by atoms with E-state index in [9.17, 15) is 19.3 Å². The number of rotatable bonds is 9. The zero-order valence-corrected chi connectivity index (χ0v) is 24.4. The lowest BCUT2D eigenvalue weighted by Crippen LogP contribution is -2.21. The topological polar surface area (TPSA) is 130 Å². The van der Waals surface area contributed by atoms with Crippen LogP contribution in [0.5, 0.6) is 0 Å². The molecule has 1 unspecified atom stereocenters. The Hall–Kier alpha value is -4.07. The summed E-state index contributed by atoms with van der Waals surface area (Å²) in [5, 5.41) is 25.4. The fourth-order valence-corrected chi connectivity index (χ4v) is 6.26. The van der Waals surface area contributed by atoms with Crippen molar-refractivity contribution in [1.29, 1.82) is 10.5 Å². The van der Waals surface area contributed by atoms with Gasteiger partial charge in [0.15, 0.2) is 10.9 Å². The van der Waals surface area contributed by atoms with E-state index in [0.29, 0.717) is 39.3 Å². The van der Waals surface area contributed by atoms with Crippen molar-refractivity contribution < 1.29 is 18.3 Å². The number of aryl methyl sites for hydroxylation is 1. The van der Waals surface area contributed by atoms with Crippen molar-refractivity contribution in [2.24, 2.45) is 0 Å². The Morgan fingerprint density at radius 2 is 1.88 bits per heavy atom. The molecule has 2 aromatic carbocycles. The Balaban J connectivity index is 1.32. The van der Waals surface area contributed by atoms with Crippen molar-refractivity contribution in [3.63, 3.8) is 0 Å². The minimum absolute atomic E-state index is 0.0308. The molecule has 1 aliphatic rings. The van der Waals surface area contributed by atoms with Gasteiger partial charge in [0.2, 0.25) is 0 Å². The molecule has 214 valence electrons. The molecule has 0 radical (unpaired) electrons. The number of aromatic nitrogens is 2. The number of hydrogen-bond donors (Lipinski definition) is 2. The maximum Gasteiger partial charge on any atom is 0.187 e. The second kappa shape index (κ2) is 12.4. The van der Waals surface area contributed by atoms with Crippen molar-refractivity contribution >= 4 is 39.7 Å². The molecule has 2 aromatic heterocycles. The van der Waals surface area contributed by atoms with Crippen LogP contribution in [-0.2, 0) is 21.6 Å². The first kappa shape index (κ1) is 29.4. The van der Waals surface area contributed by atoms with Crippen LogP contribution in [0.1, 0.15) is 42.7 Å². The lowest BCUT2D eigenvalue weighted by molar-refractivity contribution is -0.138. The molecule has 12 heteroatoms. The second-order valence-corrected chi connectivity index (χ2v) is 11.8. The SMILES string of the molecule is CC1(C)OCC(CCc2ccc(-c3c(C#N)c(N)nc(SCc4csc(Nc5ccc(F)cc5F)n4)c3C#N)cc2)O1. The molecule has 0 aliphatic carbocycles. The highest BCUT2D eigenvalue weighted by atomic mass is 32.2. The van der Waals surface area contributed by atoms with Crippen LogP contribution in [0.15, 0.2) is 52.9 Å². The first-order valence-electron chi connectivity index (χ1n) is 13.0. The van der Waals surface area contributed by atoms with Gasteiger partial charge in [0.25, 0.3) is 0 Å². The molecule has 1 atom stereocenters. The molecule has 0 spiro atoms. The number of nitrogens with one attached hydrogen (secondary N) is 1. The van der Waals surface area contributed by atoms with E-state index < -0.39 is 17.4 Å². The Labute approximate surface area is 250 Å². The molecular weight excluding hydrogens is 579 g/mol. The normalized spacial score (nSPS) is 15.7. The first-order chi connectivity index (χ1) is 20.2. The van der Waals surface area contributed by atoms with Crippen LogP contribution >= 0.6 is 23.1 Å². The van der Waals surface area contributed by atoms with Gasteiger partial charge in [-0.25, -0.2) is 18.7 Å². The van der Waals surface area contributed by atoms with E-state index in [1.54, 1.807) is 5.38 Å². The molecule has 0 bridgehead atoms. The molecule has 0 saturated carbocycles. The summed E-state index contributed by atoms with van der Waals surface area (Å²) in [4.78, 5) is 8.81. The van der Waals surface area contributed by atoms with Crippen LogP contribution in [-0.4, -0.2) is 28.5 Å². The van der Waals surface area contributed by atoms with Gasteiger partial charge in [0.1, 0.15) is 40.2 Å². The average Bonchev–Trinajstić information content (AvgIpc) is 3.57. The summed E-state index contributed by atoms with van der Waals surface area (Å²) in [7, 11) is 0. The van der Waals surface area contributed by atoms with E-state index >= 15 is 0 Å². The number of thioether (sulfide) groups is 1. The number of nitrogens with two attached hydrogens (primary N) is 1. The zero-order chi connectivity index (χ0) is 29.9. The molecule has 3 heterocycles. The van der Waals surface area contributed by atoms with Gasteiger partial charge in [-0.05, 0) is 49.9 Å². The number of hydrogen-bond acceptors (Lipinski definition) is 10. The Morgan fingerprint density at radius 3 is 2.55 bits per heavy atom. The maximum absolute atomic E-state index is 14.0. The van der Waals surface area contributed by atoms with Crippen molar-refractivity contribution in [2.75, 3.05) is 17.7 Å². The number of nitrogens with zero attached hydrogens (tertiary/aromatic N) is 4. The van der Waals surface area contributed by atoms with Gasteiger partial charge >= 0.3 is 0 Å². The van der Waals surface area contributed by atoms with Gasteiger partial charge in [-0.15, -0.1) is 11.3 Å². The summed E-state index contributed by atoms with van der Waals surface area (Å²) in [6.45, 7) is 4.36. The number of halogens is 2. The molecule has 0 amide bonds. The van der Waals surface area contributed by atoms with Crippen molar-refractivity contribution in [3.8, 4) is 23.3 Å². The highest BCUT2D eigenvalue weighted by Gasteiger charge is 2.32. The highest BCUT2D eigenvalue weighted by Crippen LogP contribution is 2.37. The first-order valence-corrected chi connectivity index (χ1v) is 14.9. The molecule has 5 rings (SSSR count). The summed E-state index contributed by atoms with van der Waals surface area (Å²) in [5.74, 6) is -1.57. The van der Waals surface area contributed by atoms with Crippen molar-refractivity contribution in [2.45, 2.75) is 49.4 Å². The Kier molecular flexibility index (Phi) is 8.71. The standard InChI is InChI=1S/C30H26F2N6O2S2/c1-30(2)39-14-21(40-30)9-5-17-3-6-18(7-4-17)26-22(12-33)27(35)38-28(23(26)13-34)41-15-20-16-42-29(36-20)37-25-10-8-19(31)11-24(25)32/h3-4,6-8,10-11,16,21H,5,9,14-15H2,1-2H3,(H2,35,38)(H,36,37). The number of ether oxygens (including phenoxy) is 2. The van der Waals surface area contributed by atoms with Crippen molar-refractivity contribution in [1.82, 2.24) is 9.97 Å². The molecule has 4 aromatic rings. The van der Waals surface area contributed by atoms with E-state index in [4.69, 9.17) is 15.2 Å². The molecule has 42 heavy (non-hydrogen) atoms. The van der Waals surface area contributed by atoms with E-state index in [1.165, 1.54) is 29.2 Å². The van der Waals surface area contributed by atoms with E-state index in [0.717, 1.165) is 30.5 Å². The largest absolute Gasteiger partial charge is 0.383 e. The molecule has 1 fully saturated rings. The minimum Gasteiger partial charge on any atom is -0.383 e. The molecule has 1 aliphatic heterocycles. The van der Waals surface area contributed by atoms with Gasteiger partial charge in [0, 0.05) is 22.8 Å². The second-order valence-electron chi connectivity index (χ2n) is 10.0. The third-order valence-electron chi connectivity index (χ3n) is 6.56. The van der Waals surface area contributed by atoms with Crippen LogP contribution in [0.2, 0.25) is 0 Å². The molecular formula is C30H26F2N6O2S2.